The van der Waals surface area contributed by atoms with Gasteiger partial charge in [-0.25, -0.2) is 0 Å². The highest BCUT2D eigenvalue weighted by atomic mass is 32.1. The SMILES string of the molecule is CCc1ccc2c(c1)C(=S)NCCO2. The van der Waals surface area contributed by atoms with Crippen LogP contribution < -0.4 is 10.1 Å². The quantitative estimate of drug-likeness (QED) is 0.711. The third kappa shape index (κ3) is 1.73. The second-order valence-corrected chi connectivity index (χ2v) is 3.70. The monoisotopic (exact) mass is 207 g/mol. The van der Waals surface area contributed by atoms with Crippen LogP contribution in [-0.4, -0.2) is 18.1 Å². The van der Waals surface area contributed by atoms with Gasteiger partial charge in [-0.05, 0) is 24.1 Å². The normalized spacial score (nSPS) is 15.1. The zero-order chi connectivity index (χ0) is 9.97. The smallest absolute Gasteiger partial charge is 0.129 e. The minimum Gasteiger partial charge on any atom is -0.491 e. The molecule has 0 amide bonds. The van der Waals surface area contributed by atoms with Gasteiger partial charge in [0.05, 0.1) is 5.56 Å². The Morgan fingerprint density at radius 3 is 3.14 bits per heavy atom. The van der Waals surface area contributed by atoms with Crippen LogP contribution in [0.2, 0.25) is 0 Å². The van der Waals surface area contributed by atoms with Gasteiger partial charge < -0.3 is 10.1 Å². The summed E-state index contributed by atoms with van der Waals surface area (Å²) in [6.45, 7) is 3.60. The maximum atomic E-state index is 5.57. The Balaban J connectivity index is 2.44. The van der Waals surface area contributed by atoms with E-state index >= 15 is 0 Å². The number of aryl methyl sites for hydroxylation is 1. The van der Waals surface area contributed by atoms with Crippen LogP contribution in [-0.2, 0) is 6.42 Å². The molecule has 0 atom stereocenters. The molecule has 0 spiro atoms. The molecule has 0 unspecified atom stereocenters. The van der Waals surface area contributed by atoms with Crippen molar-refractivity contribution in [3.8, 4) is 5.75 Å². The second kappa shape index (κ2) is 3.96. The summed E-state index contributed by atoms with van der Waals surface area (Å²) in [5.74, 6) is 0.900. The van der Waals surface area contributed by atoms with Crippen LogP contribution >= 0.6 is 12.2 Å². The molecular formula is C11H13NOS. The van der Waals surface area contributed by atoms with E-state index in [-0.39, 0.29) is 0 Å². The molecular weight excluding hydrogens is 194 g/mol. The minimum atomic E-state index is 0.679. The van der Waals surface area contributed by atoms with Gasteiger partial charge in [0.1, 0.15) is 17.3 Å². The van der Waals surface area contributed by atoms with E-state index in [2.05, 4.69) is 24.4 Å². The van der Waals surface area contributed by atoms with Crippen LogP contribution in [0.1, 0.15) is 18.1 Å². The van der Waals surface area contributed by atoms with Gasteiger partial charge >= 0.3 is 0 Å². The van der Waals surface area contributed by atoms with Crippen molar-refractivity contribution in [2.45, 2.75) is 13.3 Å². The summed E-state index contributed by atoms with van der Waals surface area (Å²) in [4.78, 5) is 0.799. The molecule has 0 aliphatic carbocycles. The van der Waals surface area contributed by atoms with E-state index < -0.39 is 0 Å². The molecule has 74 valence electrons. The van der Waals surface area contributed by atoms with E-state index in [1.807, 2.05) is 6.07 Å². The Hall–Kier alpha value is -1.09. The molecule has 1 aliphatic rings. The highest BCUT2D eigenvalue weighted by Crippen LogP contribution is 2.22. The fourth-order valence-corrected chi connectivity index (χ4v) is 1.78. The Morgan fingerprint density at radius 1 is 1.50 bits per heavy atom. The van der Waals surface area contributed by atoms with E-state index in [0.717, 1.165) is 29.3 Å². The summed E-state index contributed by atoms with van der Waals surface area (Å²) in [5, 5.41) is 3.16. The van der Waals surface area contributed by atoms with Crippen molar-refractivity contribution in [1.82, 2.24) is 5.32 Å². The molecule has 1 heterocycles. The van der Waals surface area contributed by atoms with Crippen LogP contribution in [0.4, 0.5) is 0 Å². The first kappa shape index (κ1) is 9.46. The molecule has 3 heteroatoms. The summed E-state index contributed by atoms with van der Waals surface area (Å²) in [5.41, 5.74) is 2.32. The average molecular weight is 207 g/mol. The molecule has 0 aromatic heterocycles. The van der Waals surface area contributed by atoms with Gasteiger partial charge in [0.25, 0.3) is 0 Å². The minimum absolute atomic E-state index is 0.679. The molecule has 14 heavy (non-hydrogen) atoms. The summed E-state index contributed by atoms with van der Waals surface area (Å²) in [7, 11) is 0. The number of benzene rings is 1. The molecule has 0 fully saturated rings. The number of nitrogens with one attached hydrogen (secondary N) is 1. The molecule has 0 saturated carbocycles. The number of ether oxygens (including phenoxy) is 1. The Bertz CT molecular complexity index is 362. The molecule has 0 bridgehead atoms. The van der Waals surface area contributed by atoms with Gasteiger partial charge in [-0.1, -0.05) is 25.2 Å². The molecule has 2 nitrogen and oxygen atoms in total. The lowest BCUT2D eigenvalue weighted by atomic mass is 10.1. The summed E-state index contributed by atoms with van der Waals surface area (Å²) >= 11 is 5.26. The van der Waals surface area contributed by atoms with Gasteiger partial charge in [-0.15, -0.1) is 0 Å². The van der Waals surface area contributed by atoms with Gasteiger partial charge in [0.15, 0.2) is 0 Å². The van der Waals surface area contributed by atoms with E-state index in [1.54, 1.807) is 0 Å². The Labute approximate surface area is 89.3 Å². The topological polar surface area (TPSA) is 21.3 Å². The lowest BCUT2D eigenvalue weighted by Gasteiger charge is -2.07. The van der Waals surface area contributed by atoms with Crippen molar-refractivity contribution in [3.05, 3.63) is 29.3 Å². The zero-order valence-electron chi connectivity index (χ0n) is 8.17. The van der Waals surface area contributed by atoms with Gasteiger partial charge in [-0.2, -0.15) is 0 Å². The summed E-state index contributed by atoms with van der Waals surface area (Å²) in [6, 6.07) is 6.20. The van der Waals surface area contributed by atoms with Gasteiger partial charge in [0, 0.05) is 6.54 Å². The van der Waals surface area contributed by atoms with Crippen molar-refractivity contribution < 1.29 is 4.74 Å². The van der Waals surface area contributed by atoms with E-state index in [9.17, 15) is 0 Å². The first-order valence-electron chi connectivity index (χ1n) is 4.85. The fraction of sp³-hybridized carbons (Fsp3) is 0.364. The molecule has 0 radical (unpaired) electrons. The largest absolute Gasteiger partial charge is 0.491 e. The lowest BCUT2D eigenvalue weighted by Crippen LogP contribution is -2.23. The number of rotatable bonds is 1. The number of fused-ring (bicyclic) bond motifs is 1. The van der Waals surface area contributed by atoms with E-state index in [4.69, 9.17) is 17.0 Å². The Morgan fingerprint density at radius 2 is 2.36 bits per heavy atom. The predicted molar refractivity (Wildman–Crippen MR) is 61.0 cm³/mol. The van der Waals surface area contributed by atoms with Crippen molar-refractivity contribution >= 4 is 17.2 Å². The highest BCUT2D eigenvalue weighted by molar-refractivity contribution is 7.80. The van der Waals surface area contributed by atoms with E-state index in [0.29, 0.717) is 6.61 Å². The van der Waals surface area contributed by atoms with Crippen LogP contribution in [0.3, 0.4) is 0 Å². The average Bonchev–Trinajstić information content (AvgIpc) is 2.40. The Kier molecular flexibility index (Phi) is 2.68. The van der Waals surface area contributed by atoms with Gasteiger partial charge in [0.2, 0.25) is 0 Å². The lowest BCUT2D eigenvalue weighted by molar-refractivity contribution is 0.327. The second-order valence-electron chi connectivity index (χ2n) is 3.29. The first-order valence-corrected chi connectivity index (χ1v) is 5.26. The van der Waals surface area contributed by atoms with E-state index in [1.165, 1.54) is 5.56 Å². The molecule has 0 saturated heterocycles. The van der Waals surface area contributed by atoms with Crippen molar-refractivity contribution in [2.75, 3.05) is 13.2 Å². The van der Waals surface area contributed by atoms with Crippen LogP contribution in [0.5, 0.6) is 5.75 Å². The number of hydrogen-bond acceptors (Lipinski definition) is 2. The maximum Gasteiger partial charge on any atom is 0.129 e. The molecule has 2 rings (SSSR count). The van der Waals surface area contributed by atoms with Crippen LogP contribution in [0.15, 0.2) is 18.2 Å². The number of thiocarbonyl (C=S) groups is 1. The summed E-state index contributed by atoms with van der Waals surface area (Å²) in [6.07, 6.45) is 1.02. The zero-order valence-corrected chi connectivity index (χ0v) is 8.99. The van der Waals surface area contributed by atoms with Crippen molar-refractivity contribution in [1.29, 1.82) is 0 Å². The fourth-order valence-electron chi connectivity index (χ4n) is 1.52. The molecule has 1 N–H and O–H groups in total. The highest BCUT2D eigenvalue weighted by Gasteiger charge is 2.12. The predicted octanol–water partition coefficient (Wildman–Crippen LogP) is 1.91. The van der Waals surface area contributed by atoms with Gasteiger partial charge in [-0.3, -0.25) is 0 Å². The first-order chi connectivity index (χ1) is 6.81. The molecule has 1 aromatic rings. The van der Waals surface area contributed by atoms with Crippen molar-refractivity contribution in [2.24, 2.45) is 0 Å². The number of hydrogen-bond donors (Lipinski definition) is 1. The van der Waals surface area contributed by atoms with Crippen LogP contribution in [0, 0.1) is 0 Å². The third-order valence-corrected chi connectivity index (χ3v) is 2.71. The maximum absolute atomic E-state index is 5.57. The summed E-state index contributed by atoms with van der Waals surface area (Å²) < 4.78 is 5.57. The molecule has 1 aliphatic heterocycles. The van der Waals surface area contributed by atoms with Crippen LogP contribution in [0.25, 0.3) is 0 Å². The van der Waals surface area contributed by atoms with Crippen molar-refractivity contribution in [3.63, 3.8) is 0 Å². The molecule has 1 aromatic carbocycles. The third-order valence-electron chi connectivity index (χ3n) is 2.34. The standard InChI is InChI=1S/C11H13NOS/c1-2-8-3-4-10-9(7-8)11(14)12-5-6-13-10/h3-4,7H,2,5-6H2,1H3,(H,12,14).